The van der Waals surface area contributed by atoms with Crippen LogP contribution in [0.2, 0.25) is 0 Å². The summed E-state index contributed by atoms with van der Waals surface area (Å²) in [5, 5.41) is 9.77. The van der Waals surface area contributed by atoms with Crippen molar-refractivity contribution in [2.75, 3.05) is 19.8 Å². The van der Waals surface area contributed by atoms with E-state index < -0.39 is 5.60 Å². The van der Waals surface area contributed by atoms with Gasteiger partial charge in [-0.1, -0.05) is 15.9 Å². The van der Waals surface area contributed by atoms with Crippen LogP contribution in [0.5, 0.6) is 5.75 Å². The van der Waals surface area contributed by atoms with E-state index in [4.69, 9.17) is 9.47 Å². The van der Waals surface area contributed by atoms with Gasteiger partial charge in [0.15, 0.2) is 0 Å². The van der Waals surface area contributed by atoms with Crippen molar-refractivity contribution < 1.29 is 14.6 Å². The Hall–Kier alpha value is -0.580. The van der Waals surface area contributed by atoms with Crippen molar-refractivity contribution >= 4 is 15.9 Å². The maximum Gasteiger partial charge on any atom is 0.119 e. The van der Waals surface area contributed by atoms with Crippen LogP contribution in [0.15, 0.2) is 22.7 Å². The lowest BCUT2D eigenvalue weighted by Gasteiger charge is -2.36. The molecule has 0 amide bonds. The van der Waals surface area contributed by atoms with E-state index in [9.17, 15) is 5.11 Å². The first-order valence-electron chi connectivity index (χ1n) is 5.28. The third kappa shape index (κ3) is 2.75. The molecule has 88 valence electrons. The molecule has 16 heavy (non-hydrogen) atoms. The highest BCUT2D eigenvalue weighted by atomic mass is 79.9. The smallest absolute Gasteiger partial charge is 0.119 e. The Kier molecular flexibility index (Phi) is 3.52. The third-order valence-electron chi connectivity index (χ3n) is 2.71. The fourth-order valence-electron chi connectivity index (χ4n) is 1.55. The number of aliphatic hydroxyl groups is 1. The van der Waals surface area contributed by atoms with Gasteiger partial charge in [-0.15, -0.1) is 0 Å². The summed E-state index contributed by atoms with van der Waals surface area (Å²) < 4.78 is 11.6. The molecule has 0 atom stereocenters. The Morgan fingerprint density at radius 3 is 2.81 bits per heavy atom. The normalized spacial score (nSPS) is 17.9. The first kappa shape index (κ1) is 11.9. The van der Waals surface area contributed by atoms with Crippen LogP contribution in [0.1, 0.15) is 12.0 Å². The van der Waals surface area contributed by atoms with Crippen molar-refractivity contribution in [2.24, 2.45) is 0 Å². The number of halogens is 1. The van der Waals surface area contributed by atoms with Crippen molar-refractivity contribution in [3.63, 3.8) is 0 Å². The fraction of sp³-hybridized carbons (Fsp3) is 0.500. The van der Waals surface area contributed by atoms with E-state index in [0.717, 1.165) is 15.8 Å². The molecule has 1 aromatic carbocycles. The fourth-order valence-corrected chi connectivity index (χ4v) is 1.79. The standard InChI is InChI=1S/C12H15BrO3/c1-9-6-10(2-3-11(9)13)16-5-4-12(14)7-15-8-12/h2-3,6,14H,4-5,7-8H2,1H3. The molecule has 1 N–H and O–H groups in total. The van der Waals surface area contributed by atoms with Crippen LogP contribution in [0.25, 0.3) is 0 Å². The summed E-state index contributed by atoms with van der Waals surface area (Å²) in [6.45, 7) is 3.39. The summed E-state index contributed by atoms with van der Waals surface area (Å²) in [6, 6.07) is 5.86. The van der Waals surface area contributed by atoms with E-state index in [1.165, 1.54) is 0 Å². The van der Waals surface area contributed by atoms with Crippen LogP contribution >= 0.6 is 15.9 Å². The minimum Gasteiger partial charge on any atom is -0.493 e. The molecule has 1 heterocycles. The predicted molar refractivity (Wildman–Crippen MR) is 64.8 cm³/mol. The predicted octanol–water partition coefficient (Wildman–Crippen LogP) is 2.29. The van der Waals surface area contributed by atoms with Crippen molar-refractivity contribution in [2.45, 2.75) is 18.9 Å². The van der Waals surface area contributed by atoms with Gasteiger partial charge in [-0.2, -0.15) is 0 Å². The molecule has 0 saturated carbocycles. The van der Waals surface area contributed by atoms with Crippen molar-refractivity contribution in [3.05, 3.63) is 28.2 Å². The lowest BCUT2D eigenvalue weighted by Crippen LogP contribution is -2.50. The molecule has 0 bridgehead atoms. The second kappa shape index (κ2) is 4.73. The summed E-state index contributed by atoms with van der Waals surface area (Å²) in [7, 11) is 0. The molecule has 1 fully saturated rings. The first-order chi connectivity index (χ1) is 7.59. The molecule has 4 heteroatoms. The summed E-state index contributed by atoms with van der Waals surface area (Å²) >= 11 is 3.44. The highest BCUT2D eigenvalue weighted by Gasteiger charge is 2.35. The third-order valence-corrected chi connectivity index (χ3v) is 3.60. The summed E-state index contributed by atoms with van der Waals surface area (Å²) in [5.41, 5.74) is 0.480. The van der Waals surface area contributed by atoms with Crippen LogP contribution in [0.4, 0.5) is 0 Å². The molecule has 1 aliphatic rings. The SMILES string of the molecule is Cc1cc(OCCC2(O)COC2)ccc1Br. The zero-order valence-electron chi connectivity index (χ0n) is 9.20. The largest absolute Gasteiger partial charge is 0.493 e. The van der Waals surface area contributed by atoms with Gasteiger partial charge in [-0.05, 0) is 30.7 Å². The van der Waals surface area contributed by atoms with E-state index in [1.807, 2.05) is 25.1 Å². The molecule has 2 rings (SSSR count). The Balaban J connectivity index is 1.83. The molecule has 0 spiro atoms. The number of benzene rings is 1. The molecule has 0 unspecified atom stereocenters. The van der Waals surface area contributed by atoms with Crippen LogP contribution < -0.4 is 4.74 Å². The van der Waals surface area contributed by atoms with Gasteiger partial charge in [0.25, 0.3) is 0 Å². The molecule has 0 aromatic heterocycles. The zero-order chi connectivity index (χ0) is 11.6. The summed E-state index contributed by atoms with van der Waals surface area (Å²) in [6.07, 6.45) is 0.613. The zero-order valence-corrected chi connectivity index (χ0v) is 10.8. The van der Waals surface area contributed by atoms with Gasteiger partial charge in [-0.3, -0.25) is 0 Å². The molecule has 1 saturated heterocycles. The number of hydrogen-bond acceptors (Lipinski definition) is 3. The van der Waals surface area contributed by atoms with Gasteiger partial charge in [-0.25, -0.2) is 0 Å². The molecule has 1 aliphatic heterocycles. The Morgan fingerprint density at radius 1 is 1.50 bits per heavy atom. The lowest BCUT2D eigenvalue weighted by molar-refractivity contribution is -0.184. The highest BCUT2D eigenvalue weighted by Crippen LogP contribution is 2.24. The molecule has 1 aromatic rings. The molecular weight excluding hydrogens is 272 g/mol. The van der Waals surface area contributed by atoms with Gasteiger partial charge in [0.05, 0.1) is 19.8 Å². The van der Waals surface area contributed by atoms with Gasteiger partial charge >= 0.3 is 0 Å². The van der Waals surface area contributed by atoms with Crippen LogP contribution in [0.3, 0.4) is 0 Å². The Labute approximate surface area is 104 Å². The van der Waals surface area contributed by atoms with Crippen molar-refractivity contribution in [1.82, 2.24) is 0 Å². The minimum absolute atomic E-state index is 0.426. The van der Waals surface area contributed by atoms with Gasteiger partial charge < -0.3 is 14.6 Å². The average molecular weight is 287 g/mol. The highest BCUT2D eigenvalue weighted by molar-refractivity contribution is 9.10. The molecular formula is C12H15BrO3. The van der Waals surface area contributed by atoms with Crippen LogP contribution in [0, 0.1) is 6.92 Å². The van der Waals surface area contributed by atoms with E-state index in [-0.39, 0.29) is 0 Å². The van der Waals surface area contributed by atoms with E-state index in [0.29, 0.717) is 26.2 Å². The maximum absolute atomic E-state index is 9.77. The van der Waals surface area contributed by atoms with E-state index in [2.05, 4.69) is 15.9 Å². The second-order valence-corrected chi connectivity index (χ2v) is 5.08. The monoisotopic (exact) mass is 286 g/mol. The molecule has 3 nitrogen and oxygen atoms in total. The van der Waals surface area contributed by atoms with E-state index >= 15 is 0 Å². The molecule has 0 radical (unpaired) electrons. The topological polar surface area (TPSA) is 38.7 Å². The minimum atomic E-state index is -0.662. The van der Waals surface area contributed by atoms with Crippen molar-refractivity contribution in [3.8, 4) is 5.75 Å². The summed E-state index contributed by atoms with van der Waals surface area (Å²) in [5.74, 6) is 0.838. The van der Waals surface area contributed by atoms with Gasteiger partial charge in [0.2, 0.25) is 0 Å². The van der Waals surface area contributed by atoms with E-state index in [1.54, 1.807) is 0 Å². The maximum atomic E-state index is 9.77. The van der Waals surface area contributed by atoms with Crippen LogP contribution in [-0.2, 0) is 4.74 Å². The number of aryl methyl sites for hydroxylation is 1. The number of hydrogen-bond donors (Lipinski definition) is 1. The second-order valence-electron chi connectivity index (χ2n) is 4.23. The average Bonchev–Trinajstić information content (AvgIpc) is 2.21. The lowest BCUT2D eigenvalue weighted by atomic mass is 9.99. The van der Waals surface area contributed by atoms with Crippen LogP contribution in [-0.4, -0.2) is 30.5 Å². The first-order valence-corrected chi connectivity index (χ1v) is 6.07. The summed E-state index contributed by atoms with van der Waals surface area (Å²) in [4.78, 5) is 0. The Bertz CT molecular complexity index is 375. The number of ether oxygens (including phenoxy) is 2. The van der Waals surface area contributed by atoms with Crippen molar-refractivity contribution in [1.29, 1.82) is 0 Å². The Morgan fingerprint density at radius 2 is 2.25 bits per heavy atom. The van der Waals surface area contributed by atoms with Gasteiger partial charge in [0, 0.05) is 10.9 Å². The van der Waals surface area contributed by atoms with Gasteiger partial charge in [0.1, 0.15) is 11.4 Å². The quantitative estimate of drug-likeness (QED) is 0.923. The number of rotatable bonds is 4. The molecule has 0 aliphatic carbocycles.